The number of carbonyl (C=O) groups is 4. The van der Waals surface area contributed by atoms with Crippen LogP contribution in [0.4, 0.5) is 0 Å². The molecule has 2 aromatic heterocycles. The normalized spacial score (nSPS) is 21.8. The number of nitrogens with one attached hydrogen (secondary N) is 3. The average Bonchev–Trinajstić information content (AvgIpc) is 3.99. The molecule has 0 bridgehead atoms. The highest BCUT2D eigenvalue weighted by atomic mass is 35.5. The number of amides is 4. The van der Waals surface area contributed by atoms with Crippen LogP contribution >= 0.6 is 22.9 Å². The van der Waals surface area contributed by atoms with Gasteiger partial charge in [0, 0.05) is 80.7 Å². The fraction of sp³-hybridized carbons (Fsp3) is 0.569. The molecule has 7 rings (SSSR count). The zero-order valence-electron chi connectivity index (χ0n) is 45.5. The number of rotatable bonds is 20. The number of pyridine rings is 1. The first-order chi connectivity index (χ1) is 35.5. The zero-order chi connectivity index (χ0) is 54.4. The number of hydrogen-bond donors (Lipinski definition) is 4. The van der Waals surface area contributed by atoms with Crippen molar-refractivity contribution in [1.29, 1.82) is 5.26 Å². The van der Waals surface area contributed by atoms with E-state index >= 15 is 0 Å². The lowest BCUT2D eigenvalue weighted by atomic mass is 9.49. The number of thiazole rings is 1. The number of aromatic nitrogens is 2. The molecule has 404 valence electrons. The third-order valence-electron chi connectivity index (χ3n) is 15.8. The van der Waals surface area contributed by atoms with Crippen LogP contribution in [-0.2, 0) is 20.8 Å². The van der Waals surface area contributed by atoms with Crippen LogP contribution in [0.1, 0.15) is 139 Å². The molecule has 1 aliphatic carbocycles. The minimum absolute atomic E-state index is 0.0131. The lowest BCUT2D eigenvalue weighted by Gasteiger charge is -2.63. The van der Waals surface area contributed by atoms with Crippen LogP contribution in [0.5, 0.6) is 5.75 Å². The Morgan fingerprint density at radius 2 is 1.64 bits per heavy atom. The maximum atomic E-state index is 14.3. The first-order valence-corrected chi connectivity index (χ1v) is 27.9. The molecule has 15 nitrogen and oxygen atoms in total. The average molecular weight is 1060 g/mol. The first kappa shape index (κ1) is 57.3. The smallest absolute Gasteiger partial charge is 0.270 e. The van der Waals surface area contributed by atoms with Gasteiger partial charge in [0.2, 0.25) is 17.7 Å². The number of β-amino-alcohol motifs (C(OH)–C–C–N with tert-alkyl or cyclic N) is 1. The Hall–Kier alpha value is -5.44. The second-order valence-corrected chi connectivity index (χ2v) is 24.6. The lowest BCUT2D eigenvalue weighted by molar-refractivity contribution is -0.164. The fourth-order valence-electron chi connectivity index (χ4n) is 11.7. The van der Waals surface area contributed by atoms with Crippen LogP contribution in [0.15, 0.2) is 66.3 Å². The number of carbonyl (C=O) groups excluding carboxylic acids is 4. The molecule has 2 aliphatic heterocycles. The van der Waals surface area contributed by atoms with Gasteiger partial charge in [-0.2, -0.15) is 5.26 Å². The molecule has 4 amide bonds. The summed E-state index contributed by atoms with van der Waals surface area (Å²) in [6.07, 6.45) is 6.32. The Balaban J connectivity index is 0.879. The molecule has 17 heteroatoms. The highest BCUT2D eigenvalue weighted by Gasteiger charge is 2.64. The molecule has 4 heterocycles. The summed E-state index contributed by atoms with van der Waals surface area (Å²) in [7, 11) is 2.15. The molecule has 0 radical (unpaired) electrons. The molecule has 3 fully saturated rings. The highest BCUT2D eigenvalue weighted by Crippen LogP contribution is 2.55. The van der Waals surface area contributed by atoms with Gasteiger partial charge in [-0.3, -0.25) is 29.1 Å². The molecule has 5 atom stereocenters. The van der Waals surface area contributed by atoms with Gasteiger partial charge in [-0.25, -0.2) is 4.98 Å². The summed E-state index contributed by atoms with van der Waals surface area (Å²) >= 11 is 7.86. The molecule has 3 aliphatic rings. The van der Waals surface area contributed by atoms with Gasteiger partial charge in [-0.05, 0) is 93.3 Å². The Morgan fingerprint density at radius 1 is 0.947 bits per heavy atom. The number of unbranched alkanes of at least 4 members (excludes halogenated alkanes) is 1. The van der Waals surface area contributed by atoms with Crippen LogP contribution in [0.2, 0.25) is 5.02 Å². The number of halogens is 1. The molecule has 0 spiro atoms. The molecule has 4 aromatic rings. The number of aliphatic hydroxyl groups excluding tert-OH is 1. The Kier molecular flexibility index (Phi) is 18.5. The summed E-state index contributed by atoms with van der Waals surface area (Å²) in [4.78, 5) is 71.8. The van der Waals surface area contributed by atoms with E-state index in [1.54, 1.807) is 41.8 Å². The van der Waals surface area contributed by atoms with Gasteiger partial charge in [0.05, 0.1) is 38.8 Å². The molecule has 2 saturated heterocycles. The van der Waals surface area contributed by atoms with Crippen molar-refractivity contribution in [3.63, 3.8) is 0 Å². The number of benzene rings is 2. The number of likely N-dealkylation sites (tertiary alicyclic amines) is 1. The molecule has 2 aromatic carbocycles. The van der Waals surface area contributed by atoms with Crippen molar-refractivity contribution in [3.05, 3.63) is 99.4 Å². The summed E-state index contributed by atoms with van der Waals surface area (Å²) in [5.41, 5.74) is 5.13. The van der Waals surface area contributed by atoms with Crippen molar-refractivity contribution < 1.29 is 29.0 Å². The number of hydrogen-bond acceptors (Lipinski definition) is 12. The Morgan fingerprint density at radius 3 is 2.25 bits per heavy atom. The number of nitrogens with zero attached hydrogens (tertiary/aromatic N) is 6. The largest absolute Gasteiger partial charge is 0.489 e. The van der Waals surface area contributed by atoms with E-state index in [2.05, 4.69) is 76.5 Å². The van der Waals surface area contributed by atoms with Gasteiger partial charge in [0.1, 0.15) is 35.7 Å². The molecular weight excluding hydrogens is 986 g/mol. The lowest BCUT2D eigenvalue weighted by Crippen LogP contribution is -2.74. The Labute approximate surface area is 453 Å². The van der Waals surface area contributed by atoms with Crippen LogP contribution < -0.4 is 20.7 Å². The van der Waals surface area contributed by atoms with E-state index in [1.807, 2.05) is 70.5 Å². The fourth-order valence-corrected chi connectivity index (χ4v) is 12.7. The number of likely N-dealkylation sites (N-methyl/N-ethyl adjacent to an activating group) is 1. The molecule has 1 saturated carbocycles. The minimum atomic E-state index is -0.889. The van der Waals surface area contributed by atoms with Crippen molar-refractivity contribution in [2.24, 2.45) is 16.2 Å². The summed E-state index contributed by atoms with van der Waals surface area (Å²) < 4.78 is 6.40. The second kappa shape index (κ2) is 24.3. The molecule has 1 unspecified atom stereocenters. The van der Waals surface area contributed by atoms with Crippen molar-refractivity contribution in [2.75, 3.05) is 39.8 Å². The Bertz CT molecular complexity index is 2660. The van der Waals surface area contributed by atoms with E-state index in [-0.39, 0.29) is 61.2 Å². The molecule has 4 N–H and O–H groups in total. The summed E-state index contributed by atoms with van der Waals surface area (Å²) in [6, 6.07) is 17.0. The second-order valence-electron chi connectivity index (χ2n) is 23.4. The van der Waals surface area contributed by atoms with Gasteiger partial charge >= 0.3 is 0 Å². The van der Waals surface area contributed by atoms with Gasteiger partial charge < -0.3 is 35.6 Å². The quantitative estimate of drug-likeness (QED) is 0.0621. The minimum Gasteiger partial charge on any atom is -0.489 e. The van der Waals surface area contributed by atoms with Crippen molar-refractivity contribution in [1.82, 2.24) is 40.6 Å². The van der Waals surface area contributed by atoms with E-state index in [0.717, 1.165) is 85.5 Å². The monoisotopic (exact) mass is 1060 g/mol. The highest BCUT2D eigenvalue weighted by molar-refractivity contribution is 7.13. The molecular formula is C58H78ClN9O6S. The number of ether oxygens (including phenoxy) is 1. The van der Waals surface area contributed by atoms with Crippen LogP contribution in [-0.4, -0.2) is 130 Å². The first-order valence-electron chi connectivity index (χ1n) is 26.6. The number of piperazine rings is 1. The summed E-state index contributed by atoms with van der Waals surface area (Å²) in [5, 5.41) is 29.7. The third-order valence-corrected chi connectivity index (χ3v) is 17.1. The number of aliphatic hydroxyl groups is 1. The van der Waals surface area contributed by atoms with Crippen LogP contribution in [0, 0.1) is 34.5 Å². The number of nitriles is 1. The van der Waals surface area contributed by atoms with Crippen LogP contribution in [0.25, 0.3) is 10.4 Å². The van der Waals surface area contributed by atoms with Crippen LogP contribution in [0.3, 0.4) is 0 Å². The summed E-state index contributed by atoms with van der Waals surface area (Å²) in [6.45, 7) is 21.9. The van der Waals surface area contributed by atoms with Gasteiger partial charge in [-0.1, -0.05) is 96.8 Å². The van der Waals surface area contributed by atoms with E-state index in [0.29, 0.717) is 34.5 Å². The van der Waals surface area contributed by atoms with Gasteiger partial charge in [-0.15, -0.1) is 11.3 Å². The van der Waals surface area contributed by atoms with Crippen molar-refractivity contribution >= 4 is 46.6 Å². The zero-order valence-corrected chi connectivity index (χ0v) is 47.1. The maximum Gasteiger partial charge on any atom is 0.270 e. The van der Waals surface area contributed by atoms with Gasteiger partial charge in [0.15, 0.2) is 0 Å². The van der Waals surface area contributed by atoms with E-state index < -0.39 is 34.4 Å². The number of aryl methyl sites for hydroxylation is 2. The van der Waals surface area contributed by atoms with E-state index in [1.165, 1.54) is 4.90 Å². The van der Waals surface area contributed by atoms with Crippen molar-refractivity contribution in [3.8, 4) is 22.3 Å². The molecule has 75 heavy (non-hydrogen) atoms. The topological polar surface area (TPSA) is 193 Å². The maximum absolute atomic E-state index is 14.3. The van der Waals surface area contributed by atoms with E-state index in [9.17, 15) is 29.5 Å². The van der Waals surface area contributed by atoms with E-state index in [4.69, 9.17) is 16.3 Å². The van der Waals surface area contributed by atoms with Gasteiger partial charge in [0.25, 0.3) is 5.91 Å². The predicted octanol–water partition coefficient (Wildman–Crippen LogP) is 8.52. The SMILES string of the molecule is Cc1ncsc1-c1ccc([C@H](C)NC(=O)[C@@H]2C[C@@H](O)CN2C(=O)[C@@H](NC(=O)CCCCC(CCCc2ccc(C(=O)N[C@H]3C(C)(C)[C@H](Oc4ccc(C#N)c(Cl)c4)C3(C)C)nc2)N2CCN(C)CC2)C(C)(C)C)cc1. The predicted molar refractivity (Wildman–Crippen MR) is 294 cm³/mol. The summed E-state index contributed by atoms with van der Waals surface area (Å²) in [5.74, 6) is -0.576. The third kappa shape index (κ3) is 13.8. The van der Waals surface area contributed by atoms with Crippen molar-refractivity contribution in [2.45, 2.75) is 156 Å². The standard InChI is InChI=1S/C58H78ClN9O6S/c1-36(39-19-21-40(22-20-39)49-37(2)62-35-75-49)63-52(72)47-30-43(69)34-68(47)53(73)50(56(3,4)5)64-48(70)17-12-11-15-42(67-28-26-66(10)27-29-67)16-13-14-38-18-25-46(61-33-38)51(71)65-54-57(6,7)55(58(54,8)9)74-44-24-23-41(32-60)45(59)31-44/h18-25,31,33,35-36,42-43,47,50,54-55,69H,11-17,26-30,34H2,1-10H3,(H,63,72)(H,64,70)(H,65,71)/t36-,42?,43+,47-,50+,54-,55-/m0/s1.